The Morgan fingerprint density at radius 3 is 2.82 bits per heavy atom. The van der Waals surface area contributed by atoms with E-state index in [9.17, 15) is 10.1 Å². The molecule has 0 saturated carbocycles. The summed E-state index contributed by atoms with van der Waals surface area (Å²) in [6.07, 6.45) is 1.39. The van der Waals surface area contributed by atoms with Gasteiger partial charge in [0.2, 0.25) is 5.88 Å². The standard InChI is InChI=1S/C15H16N4O3/c1-5-21-15(20)12-7-17-10(4)18-13(12)19-14-11(6-16)8(2)9(3)22-14/h7H,5H2,1-4H3,(H,17,18,19). The van der Waals surface area contributed by atoms with Gasteiger partial charge in [-0.05, 0) is 27.7 Å². The number of hydrogen-bond acceptors (Lipinski definition) is 7. The monoisotopic (exact) mass is 300 g/mol. The third-order valence-corrected chi connectivity index (χ3v) is 3.13. The van der Waals surface area contributed by atoms with Crippen LogP contribution in [0.4, 0.5) is 11.7 Å². The average molecular weight is 300 g/mol. The summed E-state index contributed by atoms with van der Waals surface area (Å²) in [4.78, 5) is 20.2. The molecule has 0 bridgehead atoms. The highest BCUT2D eigenvalue weighted by atomic mass is 16.5. The van der Waals surface area contributed by atoms with Crippen LogP contribution in [0.2, 0.25) is 0 Å². The van der Waals surface area contributed by atoms with E-state index in [4.69, 9.17) is 9.15 Å². The second-order valence-electron chi connectivity index (χ2n) is 4.62. The normalized spacial score (nSPS) is 10.1. The van der Waals surface area contributed by atoms with Gasteiger partial charge in [0, 0.05) is 11.8 Å². The van der Waals surface area contributed by atoms with Crippen molar-refractivity contribution < 1.29 is 13.9 Å². The van der Waals surface area contributed by atoms with Crippen molar-refractivity contribution in [3.05, 3.63) is 34.5 Å². The van der Waals surface area contributed by atoms with Crippen molar-refractivity contribution >= 4 is 17.7 Å². The third-order valence-electron chi connectivity index (χ3n) is 3.13. The molecular formula is C15H16N4O3. The van der Waals surface area contributed by atoms with Gasteiger partial charge >= 0.3 is 5.97 Å². The minimum Gasteiger partial charge on any atom is -0.462 e. The van der Waals surface area contributed by atoms with Crippen molar-refractivity contribution in [2.45, 2.75) is 27.7 Å². The van der Waals surface area contributed by atoms with Gasteiger partial charge < -0.3 is 14.5 Å². The summed E-state index contributed by atoms with van der Waals surface area (Å²) in [6, 6.07) is 2.08. The van der Waals surface area contributed by atoms with Gasteiger partial charge in [-0.3, -0.25) is 0 Å². The molecule has 0 aliphatic rings. The van der Waals surface area contributed by atoms with Crippen LogP contribution >= 0.6 is 0 Å². The lowest BCUT2D eigenvalue weighted by atomic mass is 10.2. The van der Waals surface area contributed by atoms with E-state index in [2.05, 4.69) is 21.4 Å². The van der Waals surface area contributed by atoms with Gasteiger partial charge in [0.15, 0.2) is 5.82 Å². The maximum absolute atomic E-state index is 12.0. The number of furan rings is 1. The largest absolute Gasteiger partial charge is 0.462 e. The summed E-state index contributed by atoms with van der Waals surface area (Å²) in [5.74, 6) is 1.07. The van der Waals surface area contributed by atoms with Crippen LogP contribution in [0.1, 0.15) is 40.0 Å². The molecule has 22 heavy (non-hydrogen) atoms. The number of aryl methyl sites for hydroxylation is 2. The summed E-state index contributed by atoms with van der Waals surface area (Å²) < 4.78 is 10.5. The molecule has 0 unspecified atom stereocenters. The number of anilines is 2. The predicted molar refractivity (Wildman–Crippen MR) is 78.9 cm³/mol. The Bertz CT molecular complexity index is 759. The highest BCUT2D eigenvalue weighted by Gasteiger charge is 2.20. The molecular weight excluding hydrogens is 284 g/mol. The molecule has 114 valence electrons. The molecule has 0 amide bonds. The van der Waals surface area contributed by atoms with Crippen LogP contribution in [0, 0.1) is 32.1 Å². The van der Waals surface area contributed by atoms with Crippen LogP contribution in [0.5, 0.6) is 0 Å². The maximum Gasteiger partial charge on any atom is 0.343 e. The van der Waals surface area contributed by atoms with E-state index in [1.165, 1.54) is 6.20 Å². The zero-order valence-corrected chi connectivity index (χ0v) is 12.9. The number of esters is 1. The molecule has 1 N–H and O–H groups in total. The average Bonchev–Trinajstić information content (AvgIpc) is 2.73. The smallest absolute Gasteiger partial charge is 0.343 e. The molecule has 0 radical (unpaired) electrons. The number of nitriles is 1. The van der Waals surface area contributed by atoms with Gasteiger partial charge in [-0.25, -0.2) is 14.8 Å². The van der Waals surface area contributed by atoms with Gasteiger partial charge in [0.1, 0.15) is 28.8 Å². The number of nitrogens with one attached hydrogen (secondary N) is 1. The number of carbonyl (C=O) groups is 1. The fourth-order valence-corrected chi connectivity index (χ4v) is 1.88. The summed E-state index contributed by atoms with van der Waals surface area (Å²) in [6.45, 7) is 7.21. The molecule has 0 spiro atoms. The van der Waals surface area contributed by atoms with E-state index in [0.717, 1.165) is 5.56 Å². The fraction of sp³-hybridized carbons (Fsp3) is 0.333. The summed E-state index contributed by atoms with van der Waals surface area (Å²) in [7, 11) is 0. The first-order valence-electron chi connectivity index (χ1n) is 6.75. The minimum absolute atomic E-state index is 0.183. The SMILES string of the molecule is CCOC(=O)c1cnc(C)nc1Nc1oc(C)c(C)c1C#N. The van der Waals surface area contributed by atoms with E-state index in [1.54, 1.807) is 27.7 Å². The number of nitrogens with zero attached hydrogens (tertiary/aromatic N) is 3. The van der Waals surface area contributed by atoms with Crippen molar-refractivity contribution in [3.63, 3.8) is 0 Å². The molecule has 0 atom stereocenters. The first-order valence-corrected chi connectivity index (χ1v) is 6.75. The van der Waals surface area contributed by atoms with Crippen LogP contribution in [0.25, 0.3) is 0 Å². The number of carbonyl (C=O) groups excluding carboxylic acids is 1. The molecule has 7 heteroatoms. The lowest BCUT2D eigenvalue weighted by Gasteiger charge is -2.09. The zero-order chi connectivity index (χ0) is 16.3. The number of aromatic nitrogens is 2. The van der Waals surface area contributed by atoms with Gasteiger partial charge in [0.05, 0.1) is 6.61 Å². The van der Waals surface area contributed by atoms with Crippen LogP contribution in [-0.4, -0.2) is 22.5 Å². The van der Waals surface area contributed by atoms with Crippen LogP contribution < -0.4 is 5.32 Å². The molecule has 7 nitrogen and oxygen atoms in total. The second kappa shape index (κ2) is 6.26. The highest BCUT2D eigenvalue weighted by Crippen LogP contribution is 2.29. The van der Waals surface area contributed by atoms with Gasteiger partial charge in [-0.2, -0.15) is 5.26 Å². The van der Waals surface area contributed by atoms with Crippen molar-refractivity contribution in [1.29, 1.82) is 5.26 Å². The molecule has 2 rings (SSSR count). The van der Waals surface area contributed by atoms with Crippen molar-refractivity contribution in [2.75, 3.05) is 11.9 Å². The minimum atomic E-state index is -0.538. The van der Waals surface area contributed by atoms with E-state index < -0.39 is 5.97 Å². The Hall–Kier alpha value is -2.88. The Morgan fingerprint density at radius 2 is 2.18 bits per heavy atom. The summed E-state index contributed by atoms with van der Waals surface area (Å²) in [5.41, 5.74) is 1.31. The molecule has 0 aromatic carbocycles. The summed E-state index contributed by atoms with van der Waals surface area (Å²) in [5, 5.41) is 12.1. The van der Waals surface area contributed by atoms with E-state index in [1.807, 2.05) is 0 Å². The fourth-order valence-electron chi connectivity index (χ4n) is 1.88. The van der Waals surface area contributed by atoms with Gasteiger partial charge in [-0.15, -0.1) is 0 Å². The molecule has 0 aliphatic carbocycles. The molecule has 0 saturated heterocycles. The number of hydrogen-bond donors (Lipinski definition) is 1. The van der Waals surface area contributed by atoms with E-state index in [0.29, 0.717) is 17.1 Å². The Labute approximate surface area is 127 Å². The molecule has 2 aromatic heterocycles. The Morgan fingerprint density at radius 1 is 1.45 bits per heavy atom. The topological polar surface area (TPSA) is 101 Å². The van der Waals surface area contributed by atoms with Crippen molar-refractivity contribution in [2.24, 2.45) is 0 Å². The third kappa shape index (κ3) is 2.91. The van der Waals surface area contributed by atoms with Crippen LogP contribution in [0.3, 0.4) is 0 Å². The highest BCUT2D eigenvalue weighted by molar-refractivity contribution is 5.95. The Kier molecular flexibility index (Phi) is 4.41. The Balaban J connectivity index is 2.45. The van der Waals surface area contributed by atoms with Crippen molar-refractivity contribution in [3.8, 4) is 6.07 Å². The number of rotatable bonds is 4. The first kappa shape index (κ1) is 15.5. The maximum atomic E-state index is 12.0. The van der Waals surface area contributed by atoms with Crippen molar-refractivity contribution in [1.82, 2.24) is 9.97 Å². The molecule has 2 aromatic rings. The second-order valence-corrected chi connectivity index (χ2v) is 4.62. The first-order chi connectivity index (χ1) is 10.5. The summed E-state index contributed by atoms with van der Waals surface area (Å²) >= 11 is 0. The quantitative estimate of drug-likeness (QED) is 0.866. The lowest BCUT2D eigenvalue weighted by molar-refractivity contribution is 0.0526. The van der Waals surface area contributed by atoms with Crippen LogP contribution in [0.15, 0.2) is 10.6 Å². The van der Waals surface area contributed by atoms with Gasteiger partial charge in [0.25, 0.3) is 0 Å². The van der Waals surface area contributed by atoms with Crippen LogP contribution in [-0.2, 0) is 4.74 Å². The molecule has 0 fully saturated rings. The zero-order valence-electron chi connectivity index (χ0n) is 12.9. The van der Waals surface area contributed by atoms with E-state index >= 15 is 0 Å². The predicted octanol–water partition coefficient (Wildman–Crippen LogP) is 2.79. The van der Waals surface area contributed by atoms with Gasteiger partial charge in [-0.1, -0.05) is 0 Å². The lowest BCUT2D eigenvalue weighted by Crippen LogP contribution is -2.11. The van der Waals surface area contributed by atoms with E-state index in [-0.39, 0.29) is 23.9 Å². The number of ether oxygens (including phenoxy) is 1. The molecule has 0 aliphatic heterocycles. The molecule has 2 heterocycles.